The number of benzene rings is 2. The first-order chi connectivity index (χ1) is 10.2. The van der Waals surface area contributed by atoms with E-state index in [9.17, 15) is 0 Å². The topological polar surface area (TPSA) is 18.5 Å². The minimum atomic E-state index is 0.438. The van der Waals surface area contributed by atoms with Crippen LogP contribution in [0, 0.1) is 0 Å². The molecule has 2 rings (SSSR count). The Balaban J connectivity index is 0.00000106. The predicted octanol–water partition coefficient (Wildman–Crippen LogP) is 5.52. The van der Waals surface area contributed by atoms with Crippen molar-refractivity contribution in [3.8, 4) is 22.6 Å². The quantitative estimate of drug-likeness (QED) is 0.736. The third-order valence-electron chi connectivity index (χ3n) is 3.28. The second-order valence-electron chi connectivity index (χ2n) is 4.84. The van der Waals surface area contributed by atoms with Gasteiger partial charge in [0, 0.05) is 0 Å². The van der Waals surface area contributed by atoms with E-state index in [1.54, 1.807) is 14.2 Å². The highest BCUT2D eigenvalue weighted by Crippen LogP contribution is 2.32. The molecule has 0 fully saturated rings. The Morgan fingerprint density at radius 1 is 0.762 bits per heavy atom. The van der Waals surface area contributed by atoms with E-state index >= 15 is 0 Å². The van der Waals surface area contributed by atoms with Crippen molar-refractivity contribution in [2.24, 2.45) is 0 Å². The van der Waals surface area contributed by atoms with Crippen LogP contribution in [0.3, 0.4) is 0 Å². The van der Waals surface area contributed by atoms with E-state index < -0.39 is 0 Å². The zero-order valence-electron chi connectivity index (χ0n) is 13.9. The summed E-state index contributed by atoms with van der Waals surface area (Å²) in [7, 11) is 3.40. The van der Waals surface area contributed by atoms with Crippen LogP contribution < -0.4 is 9.47 Å². The fourth-order valence-electron chi connectivity index (χ4n) is 2.15. The van der Waals surface area contributed by atoms with Crippen LogP contribution in [0.15, 0.2) is 42.5 Å². The summed E-state index contributed by atoms with van der Waals surface area (Å²) >= 11 is 0. The van der Waals surface area contributed by atoms with Crippen molar-refractivity contribution < 1.29 is 9.47 Å². The van der Waals surface area contributed by atoms with Crippen LogP contribution in [0.2, 0.25) is 0 Å². The van der Waals surface area contributed by atoms with Crippen molar-refractivity contribution in [3.05, 3.63) is 48.0 Å². The van der Waals surface area contributed by atoms with Gasteiger partial charge in [0.2, 0.25) is 0 Å². The second-order valence-corrected chi connectivity index (χ2v) is 4.84. The molecule has 0 aliphatic rings. The van der Waals surface area contributed by atoms with E-state index in [1.165, 1.54) is 16.7 Å². The average molecular weight is 286 g/mol. The van der Waals surface area contributed by atoms with Crippen LogP contribution in [0.5, 0.6) is 11.5 Å². The zero-order valence-corrected chi connectivity index (χ0v) is 13.9. The summed E-state index contributed by atoms with van der Waals surface area (Å²) in [5.74, 6) is 2.27. The van der Waals surface area contributed by atoms with Gasteiger partial charge in [0.1, 0.15) is 11.5 Å². The van der Waals surface area contributed by atoms with Crippen molar-refractivity contribution in [2.75, 3.05) is 14.2 Å². The lowest BCUT2D eigenvalue weighted by Crippen LogP contribution is -1.94. The van der Waals surface area contributed by atoms with E-state index in [0.29, 0.717) is 5.92 Å². The van der Waals surface area contributed by atoms with Gasteiger partial charge in [-0.2, -0.15) is 0 Å². The lowest BCUT2D eigenvalue weighted by atomic mass is 9.96. The van der Waals surface area contributed by atoms with E-state index in [4.69, 9.17) is 9.47 Å². The third kappa shape index (κ3) is 4.25. The van der Waals surface area contributed by atoms with Crippen LogP contribution in [-0.2, 0) is 0 Å². The molecule has 0 amide bonds. The maximum absolute atomic E-state index is 5.41. The molecule has 0 bridgehead atoms. The molecule has 0 aliphatic heterocycles. The molecule has 0 saturated carbocycles. The normalized spacial score (nSPS) is 9.86. The fourth-order valence-corrected chi connectivity index (χ4v) is 2.15. The van der Waals surface area contributed by atoms with Crippen LogP contribution in [0.25, 0.3) is 11.1 Å². The molecule has 21 heavy (non-hydrogen) atoms. The van der Waals surface area contributed by atoms with Gasteiger partial charge < -0.3 is 9.47 Å². The Kier molecular flexibility index (Phi) is 6.80. The van der Waals surface area contributed by atoms with E-state index in [-0.39, 0.29) is 0 Å². The molecule has 0 radical (unpaired) electrons. The summed E-state index contributed by atoms with van der Waals surface area (Å²) in [6, 6.07) is 14.4. The maximum Gasteiger partial charge on any atom is 0.122 e. The van der Waals surface area contributed by atoms with Gasteiger partial charge in [0.05, 0.1) is 14.2 Å². The summed E-state index contributed by atoms with van der Waals surface area (Å²) in [5, 5.41) is 0. The highest BCUT2D eigenvalue weighted by molar-refractivity contribution is 5.66. The number of methoxy groups -OCH3 is 2. The number of hydrogen-bond donors (Lipinski definition) is 0. The molecule has 2 aromatic rings. The Hall–Kier alpha value is -1.96. The first-order valence-corrected chi connectivity index (χ1v) is 7.48. The average Bonchev–Trinajstić information content (AvgIpc) is 2.56. The van der Waals surface area contributed by atoms with E-state index in [2.05, 4.69) is 38.1 Å². The second kappa shape index (κ2) is 8.35. The van der Waals surface area contributed by atoms with Crippen molar-refractivity contribution in [2.45, 2.75) is 33.6 Å². The molecule has 0 spiro atoms. The molecular weight excluding hydrogens is 260 g/mol. The summed E-state index contributed by atoms with van der Waals surface area (Å²) in [4.78, 5) is 0. The Morgan fingerprint density at radius 3 is 1.81 bits per heavy atom. The first kappa shape index (κ1) is 17.1. The smallest absolute Gasteiger partial charge is 0.122 e. The van der Waals surface area contributed by atoms with Gasteiger partial charge >= 0.3 is 0 Å². The zero-order chi connectivity index (χ0) is 15.8. The Bertz CT molecular complexity index is 542. The first-order valence-electron chi connectivity index (χ1n) is 7.48. The van der Waals surface area contributed by atoms with Gasteiger partial charge in [-0.1, -0.05) is 45.9 Å². The molecule has 2 nitrogen and oxygen atoms in total. The minimum Gasteiger partial charge on any atom is -0.497 e. The van der Waals surface area contributed by atoms with Crippen LogP contribution in [-0.4, -0.2) is 14.2 Å². The molecule has 0 atom stereocenters. The van der Waals surface area contributed by atoms with Crippen molar-refractivity contribution >= 4 is 0 Å². The standard InChI is InChI=1S/C17H20O2.C2H6/c1-12(2)16-11-14(7-10-17(16)19-4)13-5-8-15(18-3)9-6-13;1-2/h5-12H,1-4H3;1-2H3. The maximum atomic E-state index is 5.41. The van der Waals surface area contributed by atoms with Gasteiger partial charge in [-0.3, -0.25) is 0 Å². The largest absolute Gasteiger partial charge is 0.497 e. The van der Waals surface area contributed by atoms with Crippen molar-refractivity contribution in [1.82, 2.24) is 0 Å². The van der Waals surface area contributed by atoms with Gasteiger partial charge in [0.15, 0.2) is 0 Å². The number of rotatable bonds is 4. The summed E-state index contributed by atoms with van der Waals surface area (Å²) in [6.07, 6.45) is 0. The lowest BCUT2D eigenvalue weighted by Gasteiger charge is -2.14. The van der Waals surface area contributed by atoms with Crippen LogP contribution in [0.4, 0.5) is 0 Å². The van der Waals surface area contributed by atoms with Gasteiger partial charge in [-0.05, 0) is 46.9 Å². The molecule has 0 unspecified atom stereocenters. The van der Waals surface area contributed by atoms with Gasteiger partial charge in [-0.15, -0.1) is 0 Å². The van der Waals surface area contributed by atoms with Crippen LogP contribution >= 0.6 is 0 Å². The summed E-state index contributed by atoms with van der Waals surface area (Å²) in [6.45, 7) is 8.35. The predicted molar refractivity (Wildman–Crippen MR) is 90.4 cm³/mol. The fraction of sp³-hybridized carbons (Fsp3) is 0.368. The molecule has 0 heterocycles. The molecule has 114 valence electrons. The summed E-state index contributed by atoms with van der Waals surface area (Å²) < 4.78 is 10.6. The monoisotopic (exact) mass is 286 g/mol. The molecule has 0 aliphatic carbocycles. The third-order valence-corrected chi connectivity index (χ3v) is 3.28. The van der Waals surface area contributed by atoms with E-state index in [1.807, 2.05) is 32.0 Å². The van der Waals surface area contributed by atoms with Crippen molar-refractivity contribution in [1.29, 1.82) is 0 Å². The molecular formula is C19H26O2. The molecule has 0 saturated heterocycles. The molecule has 2 aromatic carbocycles. The highest BCUT2D eigenvalue weighted by atomic mass is 16.5. The van der Waals surface area contributed by atoms with Crippen LogP contribution in [0.1, 0.15) is 39.2 Å². The Labute approximate surface area is 128 Å². The SMILES string of the molecule is CC.COc1ccc(-c2ccc(OC)c(C(C)C)c2)cc1. The number of hydrogen-bond acceptors (Lipinski definition) is 2. The lowest BCUT2D eigenvalue weighted by molar-refractivity contribution is 0.407. The minimum absolute atomic E-state index is 0.438. The van der Waals surface area contributed by atoms with Crippen molar-refractivity contribution in [3.63, 3.8) is 0 Å². The molecule has 0 aromatic heterocycles. The van der Waals surface area contributed by atoms with E-state index in [0.717, 1.165) is 11.5 Å². The highest BCUT2D eigenvalue weighted by Gasteiger charge is 2.09. The number of ether oxygens (including phenoxy) is 2. The summed E-state index contributed by atoms with van der Waals surface area (Å²) in [5.41, 5.74) is 3.62. The van der Waals surface area contributed by atoms with Gasteiger partial charge in [-0.25, -0.2) is 0 Å². The Morgan fingerprint density at radius 2 is 1.33 bits per heavy atom. The molecule has 2 heteroatoms. The van der Waals surface area contributed by atoms with Gasteiger partial charge in [0.25, 0.3) is 0 Å². The molecule has 0 N–H and O–H groups in total.